The van der Waals surface area contributed by atoms with Crippen LogP contribution in [-0.2, 0) is 9.59 Å². The van der Waals surface area contributed by atoms with Crippen molar-refractivity contribution in [1.29, 1.82) is 0 Å². The highest BCUT2D eigenvalue weighted by Crippen LogP contribution is 2.30. The zero-order chi connectivity index (χ0) is 17.1. The second-order valence-electron chi connectivity index (χ2n) is 5.62. The quantitative estimate of drug-likeness (QED) is 0.679. The Hall–Kier alpha value is -3.14. The lowest BCUT2D eigenvalue weighted by atomic mass is 10.0. The maximum Gasteiger partial charge on any atom is 0.278 e. The van der Waals surface area contributed by atoms with Crippen LogP contribution in [0.3, 0.4) is 0 Å². The lowest BCUT2D eigenvalue weighted by Crippen LogP contribution is -2.32. The summed E-state index contributed by atoms with van der Waals surface area (Å²) >= 11 is 0. The summed E-state index contributed by atoms with van der Waals surface area (Å²) in [6.07, 6.45) is 1.55. The summed E-state index contributed by atoms with van der Waals surface area (Å²) in [6, 6.07) is 16.9. The van der Waals surface area contributed by atoms with Crippen molar-refractivity contribution in [3.63, 3.8) is 0 Å². The van der Waals surface area contributed by atoms with E-state index in [1.54, 1.807) is 6.08 Å². The summed E-state index contributed by atoms with van der Waals surface area (Å²) in [5.41, 5.74) is 3.28. The molecule has 0 atom stereocenters. The predicted molar refractivity (Wildman–Crippen MR) is 95.1 cm³/mol. The molecule has 4 nitrogen and oxygen atoms in total. The van der Waals surface area contributed by atoms with E-state index in [1.807, 2.05) is 61.5 Å². The molecule has 0 fully saturated rings. The minimum Gasteiger partial charge on any atom is -0.350 e. The molecule has 1 aliphatic rings. The average Bonchev–Trinajstić information content (AvgIpc) is 2.82. The number of hydrogen-bond acceptors (Lipinski definition) is 3. The number of para-hydroxylation sites is 1. The normalized spacial score (nSPS) is 14.3. The number of carbonyl (C=O) groups excluding carboxylic acids is 2. The maximum atomic E-state index is 12.8. The van der Waals surface area contributed by atoms with Gasteiger partial charge in [0.1, 0.15) is 5.70 Å². The third kappa shape index (κ3) is 2.86. The van der Waals surface area contributed by atoms with E-state index in [0.29, 0.717) is 11.3 Å². The predicted octanol–water partition coefficient (Wildman–Crippen LogP) is 3.37. The van der Waals surface area contributed by atoms with E-state index in [0.717, 1.165) is 16.8 Å². The Morgan fingerprint density at radius 2 is 1.67 bits per heavy atom. The highest BCUT2D eigenvalue weighted by molar-refractivity contribution is 6.36. The van der Waals surface area contributed by atoms with Crippen molar-refractivity contribution in [2.75, 3.05) is 11.9 Å². The van der Waals surface area contributed by atoms with Gasteiger partial charge in [-0.3, -0.25) is 14.5 Å². The van der Waals surface area contributed by atoms with Gasteiger partial charge in [-0.1, -0.05) is 54.1 Å². The molecule has 1 heterocycles. The van der Waals surface area contributed by atoms with Crippen molar-refractivity contribution in [3.05, 3.63) is 84.1 Å². The van der Waals surface area contributed by atoms with Crippen molar-refractivity contribution in [3.8, 4) is 0 Å². The van der Waals surface area contributed by atoms with Gasteiger partial charge in [-0.2, -0.15) is 0 Å². The molecule has 1 N–H and O–H groups in total. The van der Waals surface area contributed by atoms with Crippen LogP contribution in [0.5, 0.6) is 0 Å². The molecular weight excluding hydrogens is 300 g/mol. The fraction of sp³-hybridized carbons (Fsp3) is 0.100. The Bertz CT molecular complexity index is 820. The van der Waals surface area contributed by atoms with Gasteiger partial charge in [-0.05, 0) is 24.6 Å². The first-order chi connectivity index (χ1) is 11.6. The fourth-order valence-electron chi connectivity index (χ4n) is 2.64. The molecular formula is C20H18N2O2. The smallest absolute Gasteiger partial charge is 0.278 e. The largest absolute Gasteiger partial charge is 0.350 e. The monoisotopic (exact) mass is 318 g/mol. The van der Waals surface area contributed by atoms with Crippen LogP contribution in [0.1, 0.15) is 11.1 Å². The van der Waals surface area contributed by atoms with Gasteiger partial charge in [0.15, 0.2) is 0 Å². The first-order valence-electron chi connectivity index (χ1n) is 7.72. The second kappa shape index (κ2) is 6.54. The van der Waals surface area contributed by atoms with Crippen molar-refractivity contribution in [2.45, 2.75) is 6.92 Å². The van der Waals surface area contributed by atoms with Crippen LogP contribution in [0.15, 0.2) is 72.9 Å². The van der Waals surface area contributed by atoms with Crippen LogP contribution in [0.2, 0.25) is 0 Å². The number of rotatable bonds is 5. The molecule has 3 rings (SSSR count). The van der Waals surface area contributed by atoms with Crippen molar-refractivity contribution < 1.29 is 9.59 Å². The molecule has 0 saturated heterocycles. The van der Waals surface area contributed by atoms with E-state index >= 15 is 0 Å². The highest BCUT2D eigenvalue weighted by Gasteiger charge is 2.38. The molecule has 2 aromatic rings. The number of nitrogens with zero attached hydrogens (tertiary/aromatic N) is 1. The van der Waals surface area contributed by atoms with E-state index < -0.39 is 0 Å². The number of anilines is 1. The second-order valence-corrected chi connectivity index (χ2v) is 5.62. The number of nitrogens with one attached hydrogen (secondary N) is 1. The van der Waals surface area contributed by atoms with E-state index in [4.69, 9.17) is 0 Å². The van der Waals surface area contributed by atoms with Gasteiger partial charge in [0.2, 0.25) is 0 Å². The molecule has 4 heteroatoms. The van der Waals surface area contributed by atoms with Crippen LogP contribution < -0.4 is 5.32 Å². The summed E-state index contributed by atoms with van der Waals surface area (Å²) in [6.45, 7) is 5.79. The van der Waals surface area contributed by atoms with E-state index in [-0.39, 0.29) is 18.4 Å². The van der Waals surface area contributed by atoms with Gasteiger partial charge in [-0.15, -0.1) is 6.58 Å². The number of carbonyl (C=O) groups is 2. The maximum absolute atomic E-state index is 12.8. The van der Waals surface area contributed by atoms with Gasteiger partial charge < -0.3 is 5.32 Å². The molecule has 1 aliphatic heterocycles. The number of hydrogen-bond donors (Lipinski definition) is 1. The first kappa shape index (κ1) is 15.7. The SMILES string of the molecule is C=CCN1C(=O)C(Nc2ccccc2)=C(c2ccc(C)cc2)C1=O. The van der Waals surface area contributed by atoms with Crippen LogP contribution in [0, 0.1) is 6.92 Å². The summed E-state index contributed by atoms with van der Waals surface area (Å²) in [7, 11) is 0. The molecule has 0 aromatic heterocycles. The molecule has 0 saturated carbocycles. The third-order valence-electron chi connectivity index (χ3n) is 3.86. The van der Waals surface area contributed by atoms with Gasteiger partial charge in [0.05, 0.1) is 5.57 Å². The van der Waals surface area contributed by atoms with Crippen LogP contribution >= 0.6 is 0 Å². The van der Waals surface area contributed by atoms with Gasteiger partial charge in [0.25, 0.3) is 11.8 Å². The first-order valence-corrected chi connectivity index (χ1v) is 7.72. The van der Waals surface area contributed by atoms with Crippen LogP contribution in [-0.4, -0.2) is 23.3 Å². The molecule has 24 heavy (non-hydrogen) atoms. The standard InChI is InChI=1S/C20H18N2O2/c1-3-13-22-19(23)17(15-11-9-14(2)10-12-15)18(20(22)24)21-16-7-5-4-6-8-16/h3-12,21H,1,13H2,2H3. The Kier molecular flexibility index (Phi) is 4.29. The van der Waals surface area contributed by atoms with Crippen molar-refractivity contribution in [1.82, 2.24) is 4.90 Å². The minimum absolute atomic E-state index is 0.187. The Balaban J connectivity index is 2.08. The molecule has 0 unspecified atom stereocenters. The Morgan fingerprint density at radius 3 is 2.29 bits per heavy atom. The lowest BCUT2D eigenvalue weighted by molar-refractivity contribution is -0.136. The summed E-state index contributed by atoms with van der Waals surface area (Å²) < 4.78 is 0. The number of amides is 2. The molecule has 0 aliphatic carbocycles. The summed E-state index contributed by atoms with van der Waals surface area (Å²) in [4.78, 5) is 26.7. The molecule has 2 amide bonds. The number of aryl methyl sites for hydroxylation is 1. The van der Waals surface area contributed by atoms with Gasteiger partial charge in [-0.25, -0.2) is 0 Å². The van der Waals surface area contributed by atoms with E-state index in [9.17, 15) is 9.59 Å². The topological polar surface area (TPSA) is 49.4 Å². The molecule has 120 valence electrons. The summed E-state index contributed by atoms with van der Waals surface area (Å²) in [5, 5.41) is 3.11. The molecule has 0 radical (unpaired) electrons. The number of imide groups is 1. The van der Waals surface area contributed by atoms with Gasteiger partial charge in [0, 0.05) is 12.2 Å². The third-order valence-corrected chi connectivity index (χ3v) is 3.86. The van der Waals surface area contributed by atoms with Crippen LogP contribution in [0.4, 0.5) is 5.69 Å². The van der Waals surface area contributed by atoms with E-state index in [2.05, 4.69) is 11.9 Å². The lowest BCUT2D eigenvalue weighted by Gasteiger charge is -2.12. The number of benzene rings is 2. The minimum atomic E-state index is -0.334. The highest BCUT2D eigenvalue weighted by atomic mass is 16.2. The zero-order valence-electron chi connectivity index (χ0n) is 13.5. The van der Waals surface area contributed by atoms with E-state index in [1.165, 1.54) is 4.90 Å². The fourth-order valence-corrected chi connectivity index (χ4v) is 2.64. The van der Waals surface area contributed by atoms with Crippen molar-refractivity contribution >= 4 is 23.1 Å². The van der Waals surface area contributed by atoms with Crippen LogP contribution in [0.25, 0.3) is 5.57 Å². The Morgan fingerprint density at radius 1 is 1.00 bits per heavy atom. The molecule has 2 aromatic carbocycles. The van der Waals surface area contributed by atoms with Gasteiger partial charge >= 0.3 is 0 Å². The Labute approximate surface area is 141 Å². The molecule has 0 bridgehead atoms. The summed E-state index contributed by atoms with van der Waals surface area (Å²) in [5.74, 6) is -0.637. The average molecular weight is 318 g/mol. The van der Waals surface area contributed by atoms with Crippen molar-refractivity contribution in [2.24, 2.45) is 0 Å². The molecule has 0 spiro atoms. The zero-order valence-corrected chi connectivity index (χ0v) is 13.5.